The summed E-state index contributed by atoms with van der Waals surface area (Å²) in [7, 11) is 0. The maximum absolute atomic E-state index is 12.4. The number of carboxylic acids is 1. The summed E-state index contributed by atoms with van der Waals surface area (Å²) in [6.07, 6.45) is 1.34. The van der Waals surface area contributed by atoms with Crippen LogP contribution in [-0.2, 0) is 4.79 Å². The van der Waals surface area contributed by atoms with Gasteiger partial charge in [-0.15, -0.1) is 0 Å². The van der Waals surface area contributed by atoms with E-state index in [1.54, 1.807) is 36.1 Å². The Balaban J connectivity index is 2.21. The Kier molecular flexibility index (Phi) is 4.10. The molecule has 102 valence electrons. The molecule has 1 heterocycles. The van der Waals surface area contributed by atoms with E-state index in [4.69, 9.17) is 16.7 Å². The van der Waals surface area contributed by atoms with Gasteiger partial charge in [-0.05, 0) is 38.0 Å². The third-order valence-corrected chi connectivity index (χ3v) is 3.87. The highest BCUT2D eigenvalue weighted by Gasteiger charge is 2.35. The third-order valence-electron chi connectivity index (χ3n) is 3.64. The number of rotatable bonds is 2. The summed E-state index contributed by atoms with van der Waals surface area (Å²) in [5.74, 6) is -1.48. The van der Waals surface area contributed by atoms with E-state index in [1.807, 2.05) is 0 Å². The number of nitrogens with zero attached hydrogens (tertiary/aromatic N) is 1. The Labute approximate surface area is 117 Å². The van der Waals surface area contributed by atoms with Gasteiger partial charge in [-0.1, -0.05) is 17.7 Å². The maximum Gasteiger partial charge on any atom is 0.308 e. The van der Waals surface area contributed by atoms with Crippen molar-refractivity contribution in [3.8, 4) is 0 Å². The highest BCUT2D eigenvalue weighted by Crippen LogP contribution is 2.25. The maximum atomic E-state index is 12.4. The predicted octanol–water partition coefficient (Wildman–Crippen LogP) is 2.67. The van der Waals surface area contributed by atoms with Crippen molar-refractivity contribution in [2.45, 2.75) is 25.8 Å². The first kappa shape index (κ1) is 13.9. The van der Waals surface area contributed by atoms with Crippen LogP contribution in [0.2, 0.25) is 5.02 Å². The van der Waals surface area contributed by atoms with Gasteiger partial charge in [0.05, 0.1) is 5.92 Å². The topological polar surface area (TPSA) is 57.6 Å². The molecule has 0 unspecified atom stereocenters. The number of likely N-dealkylation sites (tertiary alicyclic amines) is 1. The van der Waals surface area contributed by atoms with Crippen molar-refractivity contribution in [2.75, 3.05) is 6.54 Å². The Morgan fingerprint density at radius 1 is 1.42 bits per heavy atom. The summed E-state index contributed by atoms with van der Waals surface area (Å²) in [6.45, 7) is 2.39. The zero-order valence-electron chi connectivity index (χ0n) is 10.7. The Morgan fingerprint density at radius 3 is 2.79 bits per heavy atom. The number of amides is 1. The second-order valence-corrected chi connectivity index (χ2v) is 5.27. The van der Waals surface area contributed by atoms with E-state index in [-0.39, 0.29) is 11.9 Å². The van der Waals surface area contributed by atoms with Crippen molar-refractivity contribution >= 4 is 23.5 Å². The minimum absolute atomic E-state index is 0.152. The molecule has 19 heavy (non-hydrogen) atoms. The van der Waals surface area contributed by atoms with Gasteiger partial charge in [0, 0.05) is 23.2 Å². The van der Waals surface area contributed by atoms with Crippen LogP contribution in [-0.4, -0.2) is 34.5 Å². The fourth-order valence-electron chi connectivity index (χ4n) is 2.55. The van der Waals surface area contributed by atoms with E-state index in [0.717, 1.165) is 0 Å². The van der Waals surface area contributed by atoms with Crippen LogP contribution in [0.25, 0.3) is 0 Å². The zero-order chi connectivity index (χ0) is 14.0. The molecule has 0 aliphatic carbocycles. The van der Waals surface area contributed by atoms with Gasteiger partial charge in [0.15, 0.2) is 0 Å². The number of hydrogen-bond donors (Lipinski definition) is 1. The summed E-state index contributed by atoms with van der Waals surface area (Å²) in [5.41, 5.74) is 0.505. The first-order valence-electron chi connectivity index (χ1n) is 6.30. The first-order valence-corrected chi connectivity index (χ1v) is 6.68. The van der Waals surface area contributed by atoms with Gasteiger partial charge in [0.2, 0.25) is 0 Å². The van der Waals surface area contributed by atoms with Crippen LogP contribution < -0.4 is 0 Å². The average Bonchev–Trinajstić information content (AvgIpc) is 2.38. The number of carbonyl (C=O) groups excluding carboxylic acids is 1. The molecule has 1 aliphatic rings. The lowest BCUT2D eigenvalue weighted by atomic mass is 9.90. The lowest BCUT2D eigenvalue weighted by molar-refractivity contribution is -0.144. The van der Waals surface area contributed by atoms with E-state index in [9.17, 15) is 9.59 Å². The van der Waals surface area contributed by atoms with Gasteiger partial charge in [-0.3, -0.25) is 9.59 Å². The van der Waals surface area contributed by atoms with Crippen LogP contribution in [0.4, 0.5) is 0 Å². The van der Waals surface area contributed by atoms with Gasteiger partial charge in [0.1, 0.15) is 0 Å². The Morgan fingerprint density at radius 2 is 2.16 bits per heavy atom. The molecular formula is C14H16ClNO3. The smallest absolute Gasteiger partial charge is 0.308 e. The third kappa shape index (κ3) is 2.89. The fraction of sp³-hybridized carbons (Fsp3) is 0.429. The molecule has 2 atom stereocenters. The minimum Gasteiger partial charge on any atom is -0.481 e. The van der Waals surface area contributed by atoms with Crippen molar-refractivity contribution in [1.82, 2.24) is 4.90 Å². The molecule has 1 fully saturated rings. The molecule has 0 radical (unpaired) electrons. The van der Waals surface area contributed by atoms with Crippen molar-refractivity contribution in [2.24, 2.45) is 5.92 Å². The minimum atomic E-state index is -0.837. The van der Waals surface area contributed by atoms with Gasteiger partial charge in [-0.25, -0.2) is 0 Å². The standard InChI is InChI=1S/C14H16ClNO3/c1-9-12(14(18)19)6-3-7-16(9)13(17)10-4-2-5-11(15)8-10/h2,4-5,8-9,12H,3,6-7H2,1H3,(H,18,19)/t9-,12-/m1/s1. The average molecular weight is 282 g/mol. The molecule has 1 saturated heterocycles. The summed E-state index contributed by atoms with van der Waals surface area (Å²) in [4.78, 5) is 25.2. The fourth-order valence-corrected chi connectivity index (χ4v) is 2.74. The van der Waals surface area contributed by atoms with Gasteiger partial charge >= 0.3 is 5.97 Å². The number of hydrogen-bond acceptors (Lipinski definition) is 2. The highest BCUT2D eigenvalue weighted by atomic mass is 35.5. The summed E-state index contributed by atoms with van der Waals surface area (Å²) in [5, 5.41) is 9.67. The molecule has 1 aromatic carbocycles. The molecule has 2 rings (SSSR count). The summed E-state index contributed by atoms with van der Waals surface area (Å²) >= 11 is 5.88. The molecule has 1 aliphatic heterocycles. The number of carbonyl (C=O) groups is 2. The summed E-state index contributed by atoms with van der Waals surface area (Å²) < 4.78 is 0. The lowest BCUT2D eigenvalue weighted by Gasteiger charge is -2.37. The number of carboxylic acid groups (broad SMARTS) is 1. The molecule has 0 spiro atoms. The van der Waals surface area contributed by atoms with E-state index in [1.165, 1.54) is 0 Å². The van der Waals surface area contributed by atoms with Crippen LogP contribution in [0.1, 0.15) is 30.1 Å². The van der Waals surface area contributed by atoms with Crippen LogP contribution in [0.5, 0.6) is 0 Å². The van der Waals surface area contributed by atoms with Gasteiger partial charge in [-0.2, -0.15) is 0 Å². The molecule has 0 saturated carbocycles. The normalized spacial score (nSPS) is 23.2. The SMILES string of the molecule is C[C@@H]1[C@H](C(=O)O)CCCN1C(=O)c1cccc(Cl)c1. The van der Waals surface area contributed by atoms with E-state index >= 15 is 0 Å². The Hall–Kier alpha value is -1.55. The molecule has 4 nitrogen and oxygen atoms in total. The zero-order valence-corrected chi connectivity index (χ0v) is 11.4. The molecule has 1 N–H and O–H groups in total. The second-order valence-electron chi connectivity index (χ2n) is 4.84. The molecular weight excluding hydrogens is 266 g/mol. The second kappa shape index (κ2) is 5.61. The number of benzene rings is 1. The van der Waals surface area contributed by atoms with Gasteiger partial charge in [0.25, 0.3) is 5.91 Å². The molecule has 0 bridgehead atoms. The molecule has 1 amide bonds. The van der Waals surface area contributed by atoms with Crippen molar-refractivity contribution in [3.05, 3.63) is 34.9 Å². The van der Waals surface area contributed by atoms with E-state index < -0.39 is 11.9 Å². The molecule has 5 heteroatoms. The Bertz CT molecular complexity index is 503. The highest BCUT2D eigenvalue weighted by molar-refractivity contribution is 6.30. The van der Waals surface area contributed by atoms with E-state index in [0.29, 0.717) is 30.0 Å². The van der Waals surface area contributed by atoms with Crippen molar-refractivity contribution < 1.29 is 14.7 Å². The van der Waals surface area contributed by atoms with Gasteiger partial charge < -0.3 is 10.0 Å². The van der Waals surface area contributed by atoms with Crippen LogP contribution in [0, 0.1) is 5.92 Å². The van der Waals surface area contributed by atoms with E-state index in [2.05, 4.69) is 0 Å². The number of aliphatic carboxylic acids is 1. The molecule has 1 aromatic rings. The summed E-state index contributed by atoms with van der Waals surface area (Å²) in [6, 6.07) is 6.45. The van der Waals surface area contributed by atoms with Crippen LogP contribution >= 0.6 is 11.6 Å². The predicted molar refractivity (Wildman–Crippen MR) is 72.3 cm³/mol. The molecule has 0 aromatic heterocycles. The van der Waals surface area contributed by atoms with Crippen molar-refractivity contribution in [1.29, 1.82) is 0 Å². The van der Waals surface area contributed by atoms with Crippen molar-refractivity contribution in [3.63, 3.8) is 0 Å². The largest absolute Gasteiger partial charge is 0.481 e. The number of piperidine rings is 1. The first-order chi connectivity index (χ1) is 9.00. The monoisotopic (exact) mass is 281 g/mol. The lowest BCUT2D eigenvalue weighted by Crippen LogP contribution is -2.49. The number of halogens is 1. The quantitative estimate of drug-likeness (QED) is 0.907. The van der Waals surface area contributed by atoms with Crippen LogP contribution in [0.3, 0.4) is 0 Å². The van der Waals surface area contributed by atoms with Crippen LogP contribution in [0.15, 0.2) is 24.3 Å².